The predicted molar refractivity (Wildman–Crippen MR) is 124 cm³/mol. The van der Waals surface area contributed by atoms with Crippen molar-refractivity contribution < 1.29 is 18.7 Å². The second-order valence-corrected chi connectivity index (χ2v) is 7.96. The summed E-state index contributed by atoms with van der Waals surface area (Å²) < 4.78 is 23.8. The predicted octanol–water partition coefficient (Wildman–Crippen LogP) is 3.83. The van der Waals surface area contributed by atoms with E-state index in [9.17, 15) is 9.18 Å². The van der Waals surface area contributed by atoms with Gasteiger partial charge in [-0.3, -0.25) is 4.79 Å². The number of hydrogen-bond acceptors (Lipinski definition) is 6. The molecule has 0 aliphatic carbocycles. The van der Waals surface area contributed by atoms with Crippen molar-refractivity contribution in [3.05, 3.63) is 66.2 Å². The molecule has 0 bridgehead atoms. The van der Waals surface area contributed by atoms with Crippen LogP contribution < -0.4 is 19.7 Å². The Bertz CT molecular complexity index is 1090. The van der Waals surface area contributed by atoms with Crippen molar-refractivity contribution in [2.75, 3.05) is 32.2 Å². The van der Waals surface area contributed by atoms with Gasteiger partial charge in [0.1, 0.15) is 17.3 Å². The fourth-order valence-corrected chi connectivity index (χ4v) is 4.00. The molecule has 7 nitrogen and oxygen atoms in total. The number of carbonyl (C=O) groups excluding carboxylic acids is 1. The Morgan fingerprint density at radius 2 is 1.85 bits per heavy atom. The Morgan fingerprint density at radius 1 is 1.09 bits per heavy atom. The molecule has 2 aromatic carbocycles. The van der Waals surface area contributed by atoms with Gasteiger partial charge in [0.25, 0.3) is 0 Å². The zero-order valence-corrected chi connectivity index (χ0v) is 18.8. The number of ether oxygens (including phenoxy) is 2. The highest BCUT2D eigenvalue weighted by Crippen LogP contribution is 2.25. The van der Waals surface area contributed by atoms with E-state index in [0.29, 0.717) is 30.5 Å². The maximum Gasteiger partial charge on any atom is 0.225 e. The fraction of sp³-hybridized carbons (Fsp3) is 0.320. The molecule has 1 aliphatic heterocycles. The lowest BCUT2D eigenvalue weighted by molar-refractivity contribution is -0.125. The highest BCUT2D eigenvalue weighted by atomic mass is 19.1. The minimum atomic E-state index is -0.279. The molecule has 1 atom stereocenters. The SMILES string of the molecule is COc1ccc(OC)c(CNC(=O)[C@H]2CCCN(c3ncc(-c4ccc(F)cc4)cn3)C2)c1. The summed E-state index contributed by atoms with van der Waals surface area (Å²) in [7, 11) is 3.21. The number of benzene rings is 2. The first-order chi connectivity index (χ1) is 16.1. The van der Waals surface area contributed by atoms with Gasteiger partial charge in [-0.15, -0.1) is 0 Å². The van der Waals surface area contributed by atoms with E-state index in [1.54, 1.807) is 38.7 Å². The van der Waals surface area contributed by atoms with Crippen LogP contribution in [0.2, 0.25) is 0 Å². The van der Waals surface area contributed by atoms with Gasteiger partial charge in [0.05, 0.1) is 20.1 Å². The number of rotatable bonds is 7. The molecule has 0 unspecified atom stereocenters. The second kappa shape index (κ2) is 10.3. The van der Waals surface area contributed by atoms with Gasteiger partial charge in [-0.05, 0) is 48.7 Å². The Labute approximate surface area is 192 Å². The molecule has 1 aromatic heterocycles. The van der Waals surface area contributed by atoms with Crippen LogP contribution in [-0.4, -0.2) is 43.2 Å². The van der Waals surface area contributed by atoms with Gasteiger partial charge in [0.2, 0.25) is 11.9 Å². The molecule has 33 heavy (non-hydrogen) atoms. The van der Waals surface area contributed by atoms with E-state index in [2.05, 4.69) is 15.3 Å². The van der Waals surface area contributed by atoms with Crippen molar-refractivity contribution in [3.8, 4) is 22.6 Å². The van der Waals surface area contributed by atoms with E-state index in [0.717, 1.165) is 36.1 Å². The fourth-order valence-electron chi connectivity index (χ4n) is 4.00. The first kappa shape index (κ1) is 22.5. The van der Waals surface area contributed by atoms with Gasteiger partial charge in [-0.2, -0.15) is 0 Å². The molecule has 1 N–H and O–H groups in total. The van der Waals surface area contributed by atoms with Gasteiger partial charge >= 0.3 is 0 Å². The average molecular weight is 451 g/mol. The summed E-state index contributed by atoms with van der Waals surface area (Å²) >= 11 is 0. The van der Waals surface area contributed by atoms with E-state index in [4.69, 9.17) is 9.47 Å². The normalized spacial score (nSPS) is 15.7. The Morgan fingerprint density at radius 3 is 2.55 bits per heavy atom. The number of piperidine rings is 1. The van der Waals surface area contributed by atoms with Crippen LogP contribution in [-0.2, 0) is 11.3 Å². The summed E-state index contributed by atoms with van der Waals surface area (Å²) in [5, 5.41) is 3.03. The van der Waals surface area contributed by atoms with Crippen LogP contribution in [0.15, 0.2) is 54.9 Å². The number of methoxy groups -OCH3 is 2. The van der Waals surface area contributed by atoms with Gasteiger partial charge in [-0.25, -0.2) is 14.4 Å². The lowest BCUT2D eigenvalue weighted by Gasteiger charge is -2.32. The number of carbonyl (C=O) groups is 1. The first-order valence-electron chi connectivity index (χ1n) is 10.9. The third-order valence-electron chi connectivity index (χ3n) is 5.83. The highest BCUT2D eigenvalue weighted by Gasteiger charge is 2.27. The molecule has 1 saturated heterocycles. The van der Waals surface area contributed by atoms with E-state index >= 15 is 0 Å². The molecule has 0 saturated carbocycles. The summed E-state index contributed by atoms with van der Waals surface area (Å²) in [5.41, 5.74) is 2.53. The van der Waals surface area contributed by atoms with Crippen molar-refractivity contribution in [1.82, 2.24) is 15.3 Å². The van der Waals surface area contributed by atoms with Crippen LogP contribution in [0.3, 0.4) is 0 Å². The Kier molecular flexibility index (Phi) is 7.02. The molecule has 1 aliphatic rings. The van der Waals surface area contributed by atoms with E-state index in [1.165, 1.54) is 12.1 Å². The summed E-state index contributed by atoms with van der Waals surface area (Å²) in [5.74, 6) is 1.57. The minimum Gasteiger partial charge on any atom is -0.497 e. The van der Waals surface area contributed by atoms with Crippen molar-refractivity contribution in [2.24, 2.45) is 5.92 Å². The summed E-state index contributed by atoms with van der Waals surface area (Å²) in [6.45, 7) is 1.71. The van der Waals surface area contributed by atoms with Crippen molar-refractivity contribution in [1.29, 1.82) is 0 Å². The number of anilines is 1. The van der Waals surface area contributed by atoms with Crippen LogP contribution in [0.5, 0.6) is 11.5 Å². The standard InChI is InChI=1S/C25H27FN4O3/c1-32-22-9-10-23(33-2)19(12-22)13-27-24(31)18-4-3-11-30(16-18)25-28-14-20(15-29-25)17-5-7-21(26)8-6-17/h5-10,12,14-15,18H,3-4,11,13,16H2,1-2H3,(H,27,31)/t18-/m0/s1. The molecule has 0 radical (unpaired) electrons. The third-order valence-corrected chi connectivity index (χ3v) is 5.83. The van der Waals surface area contributed by atoms with Gasteiger partial charge in [0, 0.05) is 43.2 Å². The number of hydrogen-bond donors (Lipinski definition) is 1. The Balaban J connectivity index is 1.38. The number of aromatic nitrogens is 2. The lowest BCUT2D eigenvalue weighted by Crippen LogP contribution is -2.43. The summed E-state index contributed by atoms with van der Waals surface area (Å²) in [6.07, 6.45) is 5.15. The maximum absolute atomic E-state index is 13.2. The second-order valence-electron chi connectivity index (χ2n) is 7.96. The third kappa shape index (κ3) is 5.39. The van der Waals surface area contributed by atoms with Crippen LogP contribution in [0.25, 0.3) is 11.1 Å². The summed E-state index contributed by atoms with van der Waals surface area (Å²) in [4.78, 5) is 23.9. The topological polar surface area (TPSA) is 76.6 Å². The Hall–Kier alpha value is -3.68. The van der Waals surface area contributed by atoms with Crippen molar-refractivity contribution >= 4 is 11.9 Å². The van der Waals surface area contributed by atoms with E-state index < -0.39 is 0 Å². The zero-order valence-electron chi connectivity index (χ0n) is 18.8. The molecule has 2 heterocycles. The average Bonchev–Trinajstić information content (AvgIpc) is 2.87. The quantitative estimate of drug-likeness (QED) is 0.590. The molecule has 0 spiro atoms. The monoisotopic (exact) mass is 450 g/mol. The smallest absolute Gasteiger partial charge is 0.225 e. The number of nitrogens with zero attached hydrogens (tertiary/aromatic N) is 3. The molecule has 1 fully saturated rings. The van der Waals surface area contributed by atoms with E-state index in [1.807, 2.05) is 23.1 Å². The molecule has 4 rings (SSSR count). The van der Waals surface area contributed by atoms with Crippen molar-refractivity contribution in [3.63, 3.8) is 0 Å². The molecule has 172 valence electrons. The van der Waals surface area contributed by atoms with E-state index in [-0.39, 0.29) is 17.6 Å². The van der Waals surface area contributed by atoms with Crippen LogP contribution in [0, 0.1) is 11.7 Å². The highest BCUT2D eigenvalue weighted by molar-refractivity contribution is 5.79. The number of nitrogens with one attached hydrogen (secondary N) is 1. The van der Waals surface area contributed by atoms with Crippen molar-refractivity contribution in [2.45, 2.75) is 19.4 Å². The van der Waals surface area contributed by atoms with Crippen LogP contribution in [0.4, 0.5) is 10.3 Å². The van der Waals surface area contributed by atoms with Crippen LogP contribution in [0.1, 0.15) is 18.4 Å². The van der Waals surface area contributed by atoms with Crippen LogP contribution >= 0.6 is 0 Å². The molecule has 1 amide bonds. The molecular formula is C25H27FN4O3. The first-order valence-corrected chi connectivity index (χ1v) is 10.9. The molecule has 3 aromatic rings. The largest absolute Gasteiger partial charge is 0.497 e. The zero-order chi connectivity index (χ0) is 23.2. The maximum atomic E-state index is 13.2. The van der Waals surface area contributed by atoms with Gasteiger partial charge in [-0.1, -0.05) is 12.1 Å². The van der Waals surface area contributed by atoms with Gasteiger partial charge < -0.3 is 19.7 Å². The molecular weight excluding hydrogens is 423 g/mol. The number of halogens is 1. The lowest BCUT2D eigenvalue weighted by atomic mass is 9.97. The van der Waals surface area contributed by atoms with Gasteiger partial charge in [0.15, 0.2) is 0 Å². The summed E-state index contributed by atoms with van der Waals surface area (Å²) in [6, 6.07) is 11.7. The molecule has 8 heteroatoms. The minimum absolute atomic E-state index is 0.00694. The number of amides is 1.